The van der Waals surface area contributed by atoms with E-state index in [4.69, 9.17) is 10.5 Å². The van der Waals surface area contributed by atoms with Crippen molar-refractivity contribution in [1.29, 1.82) is 0 Å². The third-order valence-corrected chi connectivity index (χ3v) is 2.23. The zero-order valence-electron chi connectivity index (χ0n) is 8.97. The molecule has 1 aromatic carbocycles. The molecule has 82 valence electrons. The number of nitrogens with two attached hydrogens (primary N) is 1. The van der Waals surface area contributed by atoms with Crippen LogP contribution >= 0.6 is 0 Å². The molecule has 4 heteroatoms. The highest BCUT2D eigenvalue weighted by Crippen LogP contribution is 2.28. The topological polar surface area (TPSA) is 60.2 Å². The molecule has 0 unspecified atom stereocenters. The van der Waals surface area contributed by atoms with E-state index >= 15 is 0 Å². The first-order chi connectivity index (χ1) is 7.81. The monoisotopic (exact) mass is 215 g/mol. The van der Waals surface area contributed by atoms with E-state index in [1.165, 1.54) is 0 Å². The van der Waals surface area contributed by atoms with Gasteiger partial charge in [-0.1, -0.05) is 12.1 Å². The predicted octanol–water partition coefficient (Wildman–Crippen LogP) is 2.42. The summed E-state index contributed by atoms with van der Waals surface area (Å²) in [7, 11) is 1.63. The number of pyridine rings is 1. The van der Waals surface area contributed by atoms with Gasteiger partial charge in [-0.25, -0.2) is 0 Å². The molecular weight excluding hydrogens is 202 g/mol. The van der Waals surface area contributed by atoms with Crippen molar-refractivity contribution < 1.29 is 4.74 Å². The lowest BCUT2D eigenvalue weighted by Crippen LogP contribution is -1.98. The van der Waals surface area contributed by atoms with Crippen LogP contribution in [0, 0.1) is 0 Å². The van der Waals surface area contributed by atoms with Crippen LogP contribution in [0.4, 0.5) is 17.1 Å². The summed E-state index contributed by atoms with van der Waals surface area (Å²) >= 11 is 0. The molecule has 2 rings (SSSR count). The molecule has 0 saturated heterocycles. The minimum absolute atomic E-state index is 0.654. The fraction of sp³-hybridized carbons (Fsp3) is 0.0833. The van der Waals surface area contributed by atoms with Crippen LogP contribution < -0.4 is 15.8 Å². The van der Waals surface area contributed by atoms with Gasteiger partial charge in [0.2, 0.25) is 0 Å². The lowest BCUT2D eigenvalue weighted by Gasteiger charge is -2.11. The average Bonchev–Trinajstić information content (AvgIpc) is 2.33. The Kier molecular flexibility index (Phi) is 2.91. The Morgan fingerprint density at radius 2 is 2.00 bits per heavy atom. The highest BCUT2D eigenvalue weighted by atomic mass is 16.5. The standard InChI is InChI=1S/C12H13N3O/c1-16-12-5-3-2-4-10(12)15-11-8-14-7-6-9(11)13/h2-8,15H,1H3,(H2,13,14). The summed E-state index contributed by atoms with van der Waals surface area (Å²) < 4.78 is 5.23. The number of anilines is 3. The number of hydrogen-bond donors (Lipinski definition) is 2. The number of nitrogens with one attached hydrogen (secondary N) is 1. The van der Waals surface area contributed by atoms with Gasteiger partial charge in [-0.2, -0.15) is 0 Å². The number of rotatable bonds is 3. The van der Waals surface area contributed by atoms with Crippen molar-refractivity contribution in [3.8, 4) is 5.75 Å². The van der Waals surface area contributed by atoms with Gasteiger partial charge >= 0.3 is 0 Å². The largest absolute Gasteiger partial charge is 0.495 e. The minimum Gasteiger partial charge on any atom is -0.495 e. The Hall–Kier alpha value is -2.23. The Labute approximate surface area is 94.1 Å². The van der Waals surface area contributed by atoms with E-state index in [0.29, 0.717) is 5.69 Å². The fourth-order valence-electron chi connectivity index (χ4n) is 1.40. The van der Waals surface area contributed by atoms with E-state index in [2.05, 4.69) is 10.3 Å². The third-order valence-electron chi connectivity index (χ3n) is 2.23. The number of para-hydroxylation sites is 2. The Morgan fingerprint density at radius 3 is 2.75 bits per heavy atom. The Morgan fingerprint density at radius 1 is 1.19 bits per heavy atom. The molecule has 3 N–H and O–H groups in total. The fourth-order valence-corrected chi connectivity index (χ4v) is 1.40. The van der Waals surface area contributed by atoms with E-state index < -0.39 is 0 Å². The number of nitrogens with zero attached hydrogens (tertiary/aromatic N) is 1. The summed E-state index contributed by atoms with van der Waals surface area (Å²) in [6, 6.07) is 9.39. The highest BCUT2D eigenvalue weighted by molar-refractivity contribution is 5.74. The molecule has 0 spiro atoms. The van der Waals surface area contributed by atoms with Crippen molar-refractivity contribution in [1.82, 2.24) is 4.98 Å². The number of methoxy groups -OCH3 is 1. The molecule has 0 aliphatic heterocycles. The zero-order valence-corrected chi connectivity index (χ0v) is 8.97. The van der Waals surface area contributed by atoms with Gasteiger partial charge in [0.1, 0.15) is 5.75 Å². The summed E-state index contributed by atoms with van der Waals surface area (Å²) in [5.41, 5.74) is 8.11. The van der Waals surface area contributed by atoms with Gasteiger partial charge in [0.15, 0.2) is 0 Å². The van der Waals surface area contributed by atoms with Gasteiger partial charge in [-0.3, -0.25) is 4.98 Å². The number of ether oxygens (including phenoxy) is 1. The maximum absolute atomic E-state index is 5.82. The normalized spacial score (nSPS) is 9.81. The summed E-state index contributed by atoms with van der Waals surface area (Å²) in [5.74, 6) is 0.769. The van der Waals surface area contributed by atoms with Crippen molar-refractivity contribution in [2.45, 2.75) is 0 Å². The minimum atomic E-state index is 0.654. The SMILES string of the molecule is COc1ccccc1Nc1cnccc1N. The van der Waals surface area contributed by atoms with Crippen LogP contribution in [0.25, 0.3) is 0 Å². The second-order valence-corrected chi connectivity index (χ2v) is 3.29. The van der Waals surface area contributed by atoms with Crippen LogP contribution in [0.2, 0.25) is 0 Å². The van der Waals surface area contributed by atoms with Crippen molar-refractivity contribution in [2.75, 3.05) is 18.2 Å². The van der Waals surface area contributed by atoms with E-state index in [9.17, 15) is 0 Å². The summed E-state index contributed by atoms with van der Waals surface area (Å²) in [4.78, 5) is 4.01. The van der Waals surface area contributed by atoms with Crippen LogP contribution in [0.5, 0.6) is 5.75 Å². The maximum atomic E-state index is 5.82. The van der Waals surface area contributed by atoms with Crippen molar-refractivity contribution in [3.05, 3.63) is 42.7 Å². The molecule has 4 nitrogen and oxygen atoms in total. The quantitative estimate of drug-likeness (QED) is 0.825. The number of aromatic nitrogens is 1. The molecule has 0 amide bonds. The molecule has 0 atom stereocenters. The zero-order chi connectivity index (χ0) is 11.4. The second-order valence-electron chi connectivity index (χ2n) is 3.29. The molecule has 0 fully saturated rings. The third kappa shape index (κ3) is 2.06. The second kappa shape index (κ2) is 4.53. The maximum Gasteiger partial charge on any atom is 0.142 e. The van der Waals surface area contributed by atoms with Gasteiger partial charge < -0.3 is 15.8 Å². The van der Waals surface area contributed by atoms with Crippen LogP contribution in [0.15, 0.2) is 42.7 Å². The van der Waals surface area contributed by atoms with Crippen LogP contribution in [-0.2, 0) is 0 Å². The molecule has 2 aromatic rings. The first kappa shape index (κ1) is 10.3. The Bertz CT molecular complexity index is 485. The molecule has 0 bridgehead atoms. The van der Waals surface area contributed by atoms with E-state index in [0.717, 1.165) is 17.1 Å². The van der Waals surface area contributed by atoms with E-state index in [1.807, 2.05) is 24.3 Å². The molecule has 1 aromatic heterocycles. The van der Waals surface area contributed by atoms with Crippen molar-refractivity contribution >= 4 is 17.1 Å². The van der Waals surface area contributed by atoms with Gasteiger partial charge in [0.25, 0.3) is 0 Å². The molecular formula is C12H13N3O. The molecule has 1 heterocycles. The summed E-state index contributed by atoms with van der Waals surface area (Å²) in [6.45, 7) is 0. The molecule has 0 radical (unpaired) electrons. The summed E-state index contributed by atoms with van der Waals surface area (Å²) in [5, 5.41) is 3.18. The molecule has 16 heavy (non-hydrogen) atoms. The smallest absolute Gasteiger partial charge is 0.142 e. The number of benzene rings is 1. The molecule has 0 aliphatic carbocycles. The van der Waals surface area contributed by atoms with Crippen molar-refractivity contribution in [2.24, 2.45) is 0 Å². The summed E-state index contributed by atoms with van der Waals surface area (Å²) in [6.07, 6.45) is 3.34. The van der Waals surface area contributed by atoms with Crippen molar-refractivity contribution in [3.63, 3.8) is 0 Å². The van der Waals surface area contributed by atoms with E-state index in [1.54, 1.807) is 25.6 Å². The lowest BCUT2D eigenvalue weighted by molar-refractivity contribution is 0.417. The van der Waals surface area contributed by atoms with Crippen LogP contribution in [0.1, 0.15) is 0 Å². The van der Waals surface area contributed by atoms with Gasteiger partial charge in [0, 0.05) is 6.20 Å². The molecule has 0 aliphatic rings. The lowest BCUT2D eigenvalue weighted by atomic mass is 10.2. The first-order valence-corrected chi connectivity index (χ1v) is 4.91. The van der Waals surface area contributed by atoms with Gasteiger partial charge in [-0.05, 0) is 18.2 Å². The van der Waals surface area contributed by atoms with E-state index in [-0.39, 0.29) is 0 Å². The van der Waals surface area contributed by atoms with Gasteiger partial charge in [-0.15, -0.1) is 0 Å². The van der Waals surface area contributed by atoms with Gasteiger partial charge in [0.05, 0.1) is 30.4 Å². The highest BCUT2D eigenvalue weighted by Gasteiger charge is 2.03. The number of hydrogen-bond acceptors (Lipinski definition) is 4. The van der Waals surface area contributed by atoms with Crippen LogP contribution in [-0.4, -0.2) is 12.1 Å². The predicted molar refractivity (Wildman–Crippen MR) is 64.9 cm³/mol. The number of nitrogen functional groups attached to an aromatic ring is 1. The molecule has 0 saturated carbocycles. The first-order valence-electron chi connectivity index (χ1n) is 4.91. The van der Waals surface area contributed by atoms with Crippen LogP contribution in [0.3, 0.4) is 0 Å². The average molecular weight is 215 g/mol. The Balaban J connectivity index is 2.30.